The SMILES string of the molecule is N=C(N)c1ccccc1Oc1ccc(N)cc1C(=O)Nc1ccc(-c2ccccc2S(N)(=O)=O)cc1F. The zero-order chi connectivity index (χ0) is 26.7. The van der Waals surface area contributed by atoms with Gasteiger partial charge in [-0.2, -0.15) is 0 Å². The van der Waals surface area contributed by atoms with Gasteiger partial charge in [-0.1, -0.05) is 36.4 Å². The first-order valence-corrected chi connectivity index (χ1v) is 12.3. The Morgan fingerprint density at radius 2 is 1.57 bits per heavy atom. The van der Waals surface area contributed by atoms with Gasteiger partial charge >= 0.3 is 0 Å². The Bertz CT molecular complexity index is 1640. The number of nitrogens with two attached hydrogens (primary N) is 3. The van der Waals surface area contributed by atoms with Crippen molar-refractivity contribution in [3.63, 3.8) is 0 Å². The molecule has 9 nitrogen and oxygen atoms in total. The van der Waals surface area contributed by atoms with Crippen LogP contribution in [0.25, 0.3) is 11.1 Å². The number of amidine groups is 1. The van der Waals surface area contributed by atoms with Crippen molar-refractivity contribution in [2.45, 2.75) is 4.90 Å². The van der Waals surface area contributed by atoms with Crippen LogP contribution < -0.4 is 26.7 Å². The second-order valence-electron chi connectivity index (χ2n) is 7.96. The van der Waals surface area contributed by atoms with Crippen molar-refractivity contribution in [1.82, 2.24) is 0 Å². The summed E-state index contributed by atoms with van der Waals surface area (Å²) in [7, 11) is -4.04. The molecule has 4 rings (SSSR count). The van der Waals surface area contributed by atoms with Crippen molar-refractivity contribution < 1.29 is 22.3 Å². The van der Waals surface area contributed by atoms with Crippen LogP contribution >= 0.6 is 0 Å². The molecule has 0 bridgehead atoms. The van der Waals surface area contributed by atoms with Gasteiger partial charge in [-0.3, -0.25) is 10.2 Å². The minimum atomic E-state index is -4.04. The maximum Gasteiger partial charge on any atom is 0.259 e. The number of carbonyl (C=O) groups is 1. The molecule has 0 saturated heterocycles. The first-order valence-electron chi connectivity index (χ1n) is 10.8. The highest BCUT2D eigenvalue weighted by Gasteiger charge is 2.19. The summed E-state index contributed by atoms with van der Waals surface area (Å²) in [5.41, 5.74) is 12.4. The van der Waals surface area contributed by atoms with Gasteiger partial charge in [0.1, 0.15) is 23.2 Å². The molecule has 0 saturated carbocycles. The van der Waals surface area contributed by atoms with Crippen LogP contribution in [0.15, 0.2) is 89.8 Å². The van der Waals surface area contributed by atoms with Crippen LogP contribution in [0.5, 0.6) is 11.5 Å². The van der Waals surface area contributed by atoms with Gasteiger partial charge in [0.05, 0.1) is 21.7 Å². The fraction of sp³-hybridized carbons (Fsp3) is 0. The highest BCUT2D eigenvalue weighted by molar-refractivity contribution is 7.89. The third kappa shape index (κ3) is 5.58. The van der Waals surface area contributed by atoms with Gasteiger partial charge < -0.3 is 21.5 Å². The third-order valence-electron chi connectivity index (χ3n) is 5.37. The predicted octanol–water partition coefficient (Wildman–Crippen LogP) is 4.05. The lowest BCUT2D eigenvalue weighted by molar-refractivity contribution is 0.102. The highest BCUT2D eigenvalue weighted by atomic mass is 32.2. The lowest BCUT2D eigenvalue weighted by atomic mass is 10.0. The number of hydrogen-bond acceptors (Lipinski definition) is 6. The van der Waals surface area contributed by atoms with Crippen LogP contribution in [0.1, 0.15) is 15.9 Å². The molecule has 0 aliphatic rings. The van der Waals surface area contributed by atoms with E-state index in [0.717, 1.165) is 6.07 Å². The number of para-hydroxylation sites is 1. The van der Waals surface area contributed by atoms with E-state index in [0.29, 0.717) is 5.56 Å². The number of rotatable bonds is 7. The first kappa shape index (κ1) is 25.4. The monoisotopic (exact) mass is 519 g/mol. The molecule has 0 aliphatic carbocycles. The topological polar surface area (TPSA) is 174 Å². The van der Waals surface area contributed by atoms with Crippen LogP contribution in [0.2, 0.25) is 0 Å². The summed E-state index contributed by atoms with van der Waals surface area (Å²) in [4.78, 5) is 13.0. The van der Waals surface area contributed by atoms with Crippen LogP contribution in [0, 0.1) is 11.2 Å². The maximum atomic E-state index is 15.0. The van der Waals surface area contributed by atoms with Crippen molar-refractivity contribution >= 4 is 33.1 Å². The van der Waals surface area contributed by atoms with Gasteiger partial charge in [-0.15, -0.1) is 0 Å². The summed E-state index contributed by atoms with van der Waals surface area (Å²) in [6.07, 6.45) is 0. The highest BCUT2D eigenvalue weighted by Crippen LogP contribution is 2.32. The summed E-state index contributed by atoms with van der Waals surface area (Å²) in [5.74, 6) is -1.37. The molecule has 37 heavy (non-hydrogen) atoms. The molecule has 4 aromatic rings. The molecule has 0 aliphatic heterocycles. The molecule has 0 fully saturated rings. The molecule has 1 amide bonds. The van der Waals surface area contributed by atoms with Gasteiger partial charge in [-0.25, -0.2) is 17.9 Å². The number of amides is 1. The van der Waals surface area contributed by atoms with Gasteiger partial charge in [-0.05, 0) is 54.1 Å². The minimum Gasteiger partial charge on any atom is -0.456 e. The number of halogens is 1. The average Bonchev–Trinajstić information content (AvgIpc) is 2.86. The normalized spacial score (nSPS) is 11.1. The zero-order valence-electron chi connectivity index (χ0n) is 19.2. The number of nitrogens with one attached hydrogen (secondary N) is 2. The Hall–Kier alpha value is -4.74. The fourth-order valence-electron chi connectivity index (χ4n) is 3.64. The second kappa shape index (κ2) is 10.1. The lowest BCUT2D eigenvalue weighted by Crippen LogP contribution is -2.16. The van der Waals surface area contributed by atoms with E-state index in [2.05, 4.69) is 5.32 Å². The summed E-state index contributed by atoms with van der Waals surface area (Å²) in [5, 5.41) is 15.5. The molecule has 11 heteroatoms. The van der Waals surface area contributed by atoms with Gasteiger partial charge in [0.25, 0.3) is 5.91 Å². The van der Waals surface area contributed by atoms with Gasteiger partial charge in [0, 0.05) is 11.3 Å². The van der Waals surface area contributed by atoms with Gasteiger partial charge in [0.2, 0.25) is 10.0 Å². The second-order valence-corrected chi connectivity index (χ2v) is 9.49. The van der Waals surface area contributed by atoms with Crippen LogP contribution in [0.3, 0.4) is 0 Å². The molecule has 0 spiro atoms. The third-order valence-corrected chi connectivity index (χ3v) is 6.34. The number of benzene rings is 4. The number of sulfonamides is 1. The van der Waals surface area contributed by atoms with E-state index in [9.17, 15) is 13.2 Å². The Labute approximate surface area is 212 Å². The predicted molar refractivity (Wildman–Crippen MR) is 140 cm³/mol. The molecule has 0 atom stereocenters. The Morgan fingerprint density at radius 3 is 2.27 bits per heavy atom. The van der Waals surface area contributed by atoms with Crippen LogP contribution in [-0.4, -0.2) is 20.2 Å². The van der Waals surface area contributed by atoms with Crippen LogP contribution in [0.4, 0.5) is 15.8 Å². The van der Waals surface area contributed by atoms with E-state index in [1.807, 2.05) is 0 Å². The van der Waals surface area contributed by atoms with Crippen molar-refractivity contribution in [3.05, 3.63) is 102 Å². The van der Waals surface area contributed by atoms with Crippen molar-refractivity contribution in [1.29, 1.82) is 5.41 Å². The molecule has 188 valence electrons. The van der Waals surface area contributed by atoms with Crippen LogP contribution in [-0.2, 0) is 10.0 Å². The van der Waals surface area contributed by atoms with E-state index in [1.165, 1.54) is 48.5 Å². The quantitative estimate of drug-likeness (QED) is 0.140. The Balaban J connectivity index is 1.65. The maximum absolute atomic E-state index is 15.0. The number of anilines is 2. The van der Waals surface area contributed by atoms with E-state index >= 15 is 4.39 Å². The van der Waals surface area contributed by atoms with E-state index in [1.54, 1.807) is 30.3 Å². The average molecular weight is 520 g/mol. The Morgan fingerprint density at radius 1 is 0.892 bits per heavy atom. The summed E-state index contributed by atoms with van der Waals surface area (Å²) >= 11 is 0. The number of hydrogen-bond donors (Lipinski definition) is 5. The number of carbonyl (C=O) groups excluding carboxylic acids is 1. The number of nitrogen functional groups attached to an aromatic ring is 2. The summed E-state index contributed by atoms with van der Waals surface area (Å²) in [6.45, 7) is 0. The first-order chi connectivity index (χ1) is 17.5. The van der Waals surface area contributed by atoms with Crippen molar-refractivity contribution in [3.8, 4) is 22.6 Å². The molecular weight excluding hydrogens is 497 g/mol. The molecule has 0 aromatic heterocycles. The lowest BCUT2D eigenvalue weighted by Gasteiger charge is -2.15. The molecule has 0 unspecified atom stereocenters. The van der Waals surface area contributed by atoms with Crippen molar-refractivity contribution in [2.24, 2.45) is 10.9 Å². The van der Waals surface area contributed by atoms with E-state index in [4.69, 9.17) is 26.8 Å². The molecule has 8 N–H and O–H groups in total. The number of primary sulfonamides is 1. The molecule has 4 aromatic carbocycles. The van der Waals surface area contributed by atoms with Gasteiger partial charge in [0.15, 0.2) is 0 Å². The largest absolute Gasteiger partial charge is 0.456 e. The fourth-order valence-corrected chi connectivity index (χ4v) is 4.40. The number of ether oxygens (including phenoxy) is 1. The molecule has 0 radical (unpaired) electrons. The van der Waals surface area contributed by atoms with E-state index in [-0.39, 0.29) is 50.3 Å². The smallest absolute Gasteiger partial charge is 0.259 e. The summed E-state index contributed by atoms with van der Waals surface area (Å²) in [6, 6.07) is 20.7. The van der Waals surface area contributed by atoms with E-state index < -0.39 is 21.7 Å². The molecular formula is C26H22FN5O4S. The standard InChI is InChI=1S/C26H22FN5O4S/c27-20-13-15(17-5-2-4-8-24(17)37(31,34)35)9-11-21(20)32-26(33)19-14-16(28)10-12-23(19)36-22-7-3-1-6-18(22)25(29)30/h1-14H,28H2,(H3,29,30)(H,32,33)(H2,31,34,35). The zero-order valence-corrected chi connectivity index (χ0v) is 20.1. The molecule has 0 heterocycles. The minimum absolute atomic E-state index is 0.0152. The van der Waals surface area contributed by atoms with Crippen molar-refractivity contribution in [2.75, 3.05) is 11.1 Å². The summed E-state index contributed by atoms with van der Waals surface area (Å²) < 4.78 is 44.7. The Kier molecular flexibility index (Phi) is 6.92.